The predicted molar refractivity (Wildman–Crippen MR) is 58.2 cm³/mol. The maximum atomic E-state index is 11.4. The fourth-order valence-corrected chi connectivity index (χ4v) is 1.01. The lowest BCUT2D eigenvalue weighted by Gasteiger charge is -2.11. The van der Waals surface area contributed by atoms with Crippen LogP contribution in [0.3, 0.4) is 0 Å². The number of carbonyl (C=O) groups excluding carboxylic acids is 1. The van der Waals surface area contributed by atoms with E-state index in [1.807, 2.05) is 6.92 Å². The van der Waals surface area contributed by atoms with Gasteiger partial charge in [0.1, 0.15) is 6.04 Å². The summed E-state index contributed by atoms with van der Waals surface area (Å²) in [5, 5.41) is 13.4. The molecule has 1 heterocycles. The van der Waals surface area contributed by atoms with Crippen molar-refractivity contribution in [1.29, 1.82) is 0 Å². The number of aryl methyl sites for hydroxylation is 1. The molecule has 0 bridgehead atoms. The van der Waals surface area contributed by atoms with Crippen molar-refractivity contribution < 1.29 is 14.7 Å². The molecule has 0 radical (unpaired) electrons. The highest BCUT2D eigenvalue weighted by Gasteiger charge is 2.14. The van der Waals surface area contributed by atoms with Crippen molar-refractivity contribution in [1.82, 2.24) is 10.3 Å². The zero-order valence-corrected chi connectivity index (χ0v) is 9.02. The van der Waals surface area contributed by atoms with Crippen molar-refractivity contribution in [2.24, 2.45) is 0 Å². The standard InChI is InChI=1S/C10H13N3O3/c1-6-3-4-11-5-8(6)13-10(16)12-7(2)9(14)15/h3-5,7H,1-2H3,(H,14,15)(H2,12,13,16)/t7-/m1/s1. The zero-order valence-electron chi connectivity index (χ0n) is 9.02. The Morgan fingerprint density at radius 1 is 1.50 bits per heavy atom. The fraction of sp³-hybridized carbons (Fsp3) is 0.300. The van der Waals surface area contributed by atoms with E-state index in [1.165, 1.54) is 13.1 Å². The van der Waals surface area contributed by atoms with Crippen LogP contribution in [0.15, 0.2) is 18.5 Å². The minimum atomic E-state index is -1.09. The monoisotopic (exact) mass is 223 g/mol. The first kappa shape index (κ1) is 12.0. The number of nitrogens with zero attached hydrogens (tertiary/aromatic N) is 1. The van der Waals surface area contributed by atoms with Gasteiger partial charge in [-0.05, 0) is 25.5 Å². The highest BCUT2D eigenvalue weighted by Crippen LogP contribution is 2.10. The van der Waals surface area contributed by atoms with Crippen molar-refractivity contribution in [3.63, 3.8) is 0 Å². The van der Waals surface area contributed by atoms with E-state index in [1.54, 1.807) is 12.3 Å². The van der Waals surface area contributed by atoms with Gasteiger partial charge in [-0.15, -0.1) is 0 Å². The first-order valence-corrected chi connectivity index (χ1v) is 4.71. The van der Waals surface area contributed by atoms with Crippen LogP contribution in [-0.2, 0) is 4.79 Å². The van der Waals surface area contributed by atoms with E-state index in [0.29, 0.717) is 5.69 Å². The number of hydrogen-bond donors (Lipinski definition) is 3. The van der Waals surface area contributed by atoms with Crippen LogP contribution < -0.4 is 10.6 Å². The molecule has 0 saturated carbocycles. The third kappa shape index (κ3) is 3.23. The largest absolute Gasteiger partial charge is 0.480 e. The summed E-state index contributed by atoms with van der Waals surface area (Å²) in [7, 11) is 0. The summed E-state index contributed by atoms with van der Waals surface area (Å²) in [4.78, 5) is 25.7. The number of carbonyl (C=O) groups is 2. The van der Waals surface area contributed by atoms with Gasteiger partial charge in [-0.3, -0.25) is 9.78 Å². The van der Waals surface area contributed by atoms with Crippen LogP contribution in [0, 0.1) is 6.92 Å². The second-order valence-corrected chi connectivity index (χ2v) is 3.35. The van der Waals surface area contributed by atoms with E-state index < -0.39 is 18.0 Å². The number of pyridine rings is 1. The predicted octanol–water partition coefficient (Wildman–Crippen LogP) is 0.985. The number of urea groups is 1. The molecular formula is C10H13N3O3. The molecule has 16 heavy (non-hydrogen) atoms. The number of carboxylic acids is 1. The molecule has 3 N–H and O–H groups in total. The summed E-state index contributed by atoms with van der Waals surface area (Å²) in [5.74, 6) is -1.09. The van der Waals surface area contributed by atoms with Gasteiger partial charge in [-0.25, -0.2) is 4.79 Å². The van der Waals surface area contributed by atoms with Gasteiger partial charge < -0.3 is 15.7 Å². The van der Waals surface area contributed by atoms with Crippen LogP contribution in [0.2, 0.25) is 0 Å². The summed E-state index contributed by atoms with van der Waals surface area (Å²) in [5.41, 5.74) is 1.41. The number of carboxylic acid groups (broad SMARTS) is 1. The minimum absolute atomic E-state index is 0.553. The fourth-order valence-electron chi connectivity index (χ4n) is 1.01. The van der Waals surface area contributed by atoms with Gasteiger partial charge in [0, 0.05) is 6.20 Å². The van der Waals surface area contributed by atoms with Gasteiger partial charge in [0.05, 0.1) is 11.9 Å². The van der Waals surface area contributed by atoms with Gasteiger partial charge >= 0.3 is 12.0 Å². The lowest BCUT2D eigenvalue weighted by molar-refractivity contribution is -0.138. The van der Waals surface area contributed by atoms with Crippen LogP contribution in [0.25, 0.3) is 0 Å². The SMILES string of the molecule is Cc1ccncc1NC(=O)N[C@H](C)C(=O)O. The number of aromatic nitrogens is 1. The highest BCUT2D eigenvalue weighted by molar-refractivity contribution is 5.92. The van der Waals surface area contributed by atoms with Crippen LogP contribution >= 0.6 is 0 Å². The highest BCUT2D eigenvalue weighted by atomic mass is 16.4. The molecule has 6 nitrogen and oxygen atoms in total. The maximum Gasteiger partial charge on any atom is 0.325 e. The molecule has 2 amide bonds. The maximum absolute atomic E-state index is 11.4. The van der Waals surface area contributed by atoms with Crippen molar-refractivity contribution in [2.45, 2.75) is 19.9 Å². The number of rotatable bonds is 3. The molecule has 1 aromatic rings. The minimum Gasteiger partial charge on any atom is -0.480 e. The van der Waals surface area contributed by atoms with Crippen molar-refractivity contribution in [2.75, 3.05) is 5.32 Å². The number of nitrogens with one attached hydrogen (secondary N) is 2. The Hall–Kier alpha value is -2.11. The van der Waals surface area contributed by atoms with E-state index in [4.69, 9.17) is 5.11 Å². The van der Waals surface area contributed by atoms with E-state index in [0.717, 1.165) is 5.56 Å². The average molecular weight is 223 g/mol. The van der Waals surface area contributed by atoms with Gasteiger partial charge in [0.15, 0.2) is 0 Å². The molecule has 0 aliphatic heterocycles. The molecule has 1 atom stereocenters. The molecule has 0 aliphatic rings. The number of anilines is 1. The zero-order chi connectivity index (χ0) is 12.1. The van der Waals surface area contributed by atoms with Crippen molar-refractivity contribution >= 4 is 17.7 Å². The Kier molecular flexibility index (Phi) is 3.82. The summed E-state index contributed by atoms with van der Waals surface area (Å²) < 4.78 is 0. The molecule has 0 aliphatic carbocycles. The Balaban J connectivity index is 2.59. The smallest absolute Gasteiger partial charge is 0.325 e. The Labute approximate surface area is 92.7 Å². The first-order valence-electron chi connectivity index (χ1n) is 4.71. The van der Waals surface area contributed by atoms with Gasteiger partial charge in [-0.2, -0.15) is 0 Å². The molecule has 1 aromatic heterocycles. The summed E-state index contributed by atoms with van der Waals surface area (Å²) in [6.45, 7) is 3.20. The summed E-state index contributed by atoms with van der Waals surface area (Å²) in [6, 6.07) is 0.249. The van der Waals surface area contributed by atoms with Crippen molar-refractivity contribution in [3.8, 4) is 0 Å². The molecule has 86 valence electrons. The van der Waals surface area contributed by atoms with E-state index in [2.05, 4.69) is 15.6 Å². The Bertz CT molecular complexity index is 406. The second kappa shape index (κ2) is 5.11. The number of amides is 2. The lowest BCUT2D eigenvalue weighted by atomic mass is 10.2. The van der Waals surface area contributed by atoms with Crippen molar-refractivity contribution in [3.05, 3.63) is 24.0 Å². The summed E-state index contributed by atoms with van der Waals surface area (Å²) in [6.07, 6.45) is 3.11. The summed E-state index contributed by atoms with van der Waals surface area (Å²) >= 11 is 0. The van der Waals surface area contributed by atoms with Gasteiger partial charge in [-0.1, -0.05) is 0 Å². The Morgan fingerprint density at radius 2 is 2.19 bits per heavy atom. The normalized spacial score (nSPS) is 11.6. The quantitative estimate of drug-likeness (QED) is 0.712. The molecular weight excluding hydrogens is 210 g/mol. The number of aliphatic carboxylic acids is 1. The van der Waals surface area contributed by atoms with Crippen LogP contribution in [0.1, 0.15) is 12.5 Å². The van der Waals surface area contributed by atoms with E-state index >= 15 is 0 Å². The average Bonchev–Trinajstić information content (AvgIpc) is 2.21. The molecule has 0 fully saturated rings. The number of hydrogen-bond acceptors (Lipinski definition) is 3. The molecule has 6 heteroatoms. The molecule has 0 unspecified atom stereocenters. The molecule has 1 rings (SSSR count). The van der Waals surface area contributed by atoms with Crippen LogP contribution in [0.4, 0.5) is 10.5 Å². The molecule has 0 aromatic carbocycles. The van der Waals surface area contributed by atoms with Crippen LogP contribution in [-0.4, -0.2) is 28.1 Å². The van der Waals surface area contributed by atoms with E-state index in [-0.39, 0.29) is 0 Å². The third-order valence-corrected chi connectivity index (χ3v) is 2.01. The second-order valence-electron chi connectivity index (χ2n) is 3.35. The molecule has 0 spiro atoms. The van der Waals surface area contributed by atoms with Gasteiger partial charge in [0.2, 0.25) is 0 Å². The molecule has 0 saturated heterocycles. The topological polar surface area (TPSA) is 91.3 Å². The van der Waals surface area contributed by atoms with E-state index in [9.17, 15) is 9.59 Å². The Morgan fingerprint density at radius 3 is 2.75 bits per heavy atom. The lowest BCUT2D eigenvalue weighted by Crippen LogP contribution is -2.40. The van der Waals surface area contributed by atoms with Gasteiger partial charge in [0.25, 0.3) is 0 Å². The first-order chi connectivity index (χ1) is 7.50. The third-order valence-electron chi connectivity index (χ3n) is 2.01. The van der Waals surface area contributed by atoms with Crippen LogP contribution in [0.5, 0.6) is 0 Å².